The van der Waals surface area contributed by atoms with Gasteiger partial charge in [-0.1, -0.05) is 17.3 Å². The molecule has 1 fully saturated rings. The second kappa shape index (κ2) is 6.66. The Hall–Kier alpha value is -3.10. The highest BCUT2D eigenvalue weighted by atomic mass is 16.4. The minimum absolute atomic E-state index is 0.168. The zero-order valence-electron chi connectivity index (χ0n) is 14.8. The van der Waals surface area contributed by atoms with Gasteiger partial charge >= 0.3 is 6.03 Å². The fourth-order valence-electron chi connectivity index (χ4n) is 2.87. The standard InChI is InChI=1S/C17H21N7O2/c1-12(2)24-11-15(20-21-24)19-16(25)22-7-9-23(10-8-22)17-18-13-5-3-4-6-14(13)26-17/h3-6,11-12H,7-10H2,1-2H3,(H,19,25). The highest BCUT2D eigenvalue weighted by molar-refractivity contribution is 5.88. The lowest BCUT2D eigenvalue weighted by molar-refractivity contribution is 0.207. The van der Waals surface area contributed by atoms with E-state index < -0.39 is 0 Å². The second-order valence-electron chi connectivity index (χ2n) is 6.55. The van der Waals surface area contributed by atoms with Crippen molar-refractivity contribution in [2.45, 2.75) is 19.9 Å². The first kappa shape index (κ1) is 16.4. The predicted octanol–water partition coefficient (Wildman–Crippen LogP) is 2.35. The number of carbonyl (C=O) groups is 1. The second-order valence-corrected chi connectivity index (χ2v) is 6.55. The van der Waals surface area contributed by atoms with Crippen LogP contribution in [0.4, 0.5) is 16.6 Å². The third-order valence-corrected chi connectivity index (χ3v) is 4.39. The van der Waals surface area contributed by atoms with E-state index in [2.05, 4.69) is 25.5 Å². The maximum Gasteiger partial charge on any atom is 0.323 e. The van der Waals surface area contributed by atoms with Crippen LogP contribution in [0.1, 0.15) is 19.9 Å². The van der Waals surface area contributed by atoms with E-state index in [0.717, 1.165) is 11.1 Å². The van der Waals surface area contributed by atoms with Crippen molar-refractivity contribution in [2.24, 2.45) is 0 Å². The van der Waals surface area contributed by atoms with Gasteiger partial charge in [0.2, 0.25) is 0 Å². The van der Waals surface area contributed by atoms with Gasteiger partial charge in [-0.15, -0.1) is 5.10 Å². The topological polar surface area (TPSA) is 92.3 Å². The number of rotatable bonds is 3. The van der Waals surface area contributed by atoms with Gasteiger partial charge in [-0.25, -0.2) is 9.48 Å². The summed E-state index contributed by atoms with van der Waals surface area (Å²) in [5, 5.41) is 10.8. The molecule has 0 unspecified atom stereocenters. The molecule has 9 heteroatoms. The monoisotopic (exact) mass is 355 g/mol. The number of carbonyl (C=O) groups excluding carboxylic acids is 1. The first-order chi connectivity index (χ1) is 12.6. The molecule has 0 radical (unpaired) electrons. The SMILES string of the molecule is CC(C)n1cc(NC(=O)N2CCN(c3nc4ccccc4o3)CC2)nn1. The van der Waals surface area contributed by atoms with Gasteiger partial charge in [-0.3, -0.25) is 5.32 Å². The lowest BCUT2D eigenvalue weighted by atomic mass is 10.3. The molecule has 4 rings (SSSR count). The maximum atomic E-state index is 12.4. The van der Waals surface area contributed by atoms with Gasteiger partial charge in [0.1, 0.15) is 5.52 Å². The van der Waals surface area contributed by atoms with Gasteiger partial charge in [0.25, 0.3) is 6.01 Å². The van der Waals surface area contributed by atoms with E-state index in [-0.39, 0.29) is 12.1 Å². The van der Waals surface area contributed by atoms with Gasteiger partial charge in [0.05, 0.1) is 6.20 Å². The van der Waals surface area contributed by atoms with Crippen LogP contribution in [0.5, 0.6) is 0 Å². The molecule has 2 amide bonds. The quantitative estimate of drug-likeness (QED) is 0.775. The third kappa shape index (κ3) is 3.19. The fraction of sp³-hybridized carbons (Fsp3) is 0.412. The number of para-hydroxylation sites is 2. The minimum Gasteiger partial charge on any atom is -0.423 e. The number of hydrogen-bond donors (Lipinski definition) is 1. The van der Waals surface area contributed by atoms with Gasteiger partial charge < -0.3 is 14.2 Å². The van der Waals surface area contributed by atoms with Gasteiger partial charge in [-0.2, -0.15) is 4.98 Å². The number of nitrogens with one attached hydrogen (secondary N) is 1. The number of urea groups is 1. The third-order valence-electron chi connectivity index (χ3n) is 4.39. The van der Waals surface area contributed by atoms with E-state index in [1.165, 1.54) is 0 Å². The normalized spacial score (nSPS) is 15.0. The zero-order chi connectivity index (χ0) is 18.1. The molecule has 1 N–H and O–H groups in total. The molecule has 1 aliphatic rings. The molecule has 0 saturated carbocycles. The first-order valence-electron chi connectivity index (χ1n) is 8.68. The lowest BCUT2D eigenvalue weighted by Crippen LogP contribution is -2.50. The van der Waals surface area contributed by atoms with Crippen LogP contribution in [0.2, 0.25) is 0 Å². The number of amides is 2. The van der Waals surface area contributed by atoms with Crippen molar-refractivity contribution in [3.63, 3.8) is 0 Å². The van der Waals surface area contributed by atoms with Crippen molar-refractivity contribution in [2.75, 3.05) is 36.4 Å². The molecule has 2 aromatic heterocycles. The summed E-state index contributed by atoms with van der Waals surface area (Å²) < 4.78 is 7.51. The summed E-state index contributed by atoms with van der Waals surface area (Å²) >= 11 is 0. The van der Waals surface area contributed by atoms with E-state index in [1.54, 1.807) is 15.8 Å². The summed E-state index contributed by atoms with van der Waals surface area (Å²) in [5.41, 5.74) is 1.62. The molecule has 3 aromatic rings. The molecule has 26 heavy (non-hydrogen) atoms. The number of anilines is 2. The molecule has 9 nitrogen and oxygen atoms in total. The summed E-state index contributed by atoms with van der Waals surface area (Å²) in [5.74, 6) is 0.463. The van der Waals surface area contributed by atoms with Crippen molar-refractivity contribution in [3.8, 4) is 0 Å². The van der Waals surface area contributed by atoms with Crippen LogP contribution in [-0.2, 0) is 0 Å². The fourth-order valence-corrected chi connectivity index (χ4v) is 2.87. The molecule has 1 aromatic carbocycles. The van der Waals surface area contributed by atoms with E-state index >= 15 is 0 Å². The molecule has 3 heterocycles. The molecule has 1 aliphatic heterocycles. The molecule has 0 atom stereocenters. The van der Waals surface area contributed by atoms with Crippen LogP contribution in [0.15, 0.2) is 34.9 Å². The van der Waals surface area contributed by atoms with Gasteiger partial charge in [0.15, 0.2) is 11.4 Å². The Labute approximate surface area is 150 Å². The van der Waals surface area contributed by atoms with Crippen molar-refractivity contribution in [1.29, 1.82) is 0 Å². The summed E-state index contributed by atoms with van der Waals surface area (Å²) in [6, 6.07) is 8.33. The molecule has 1 saturated heterocycles. The largest absolute Gasteiger partial charge is 0.423 e. The average molecular weight is 355 g/mol. The Bertz CT molecular complexity index is 876. The van der Waals surface area contributed by atoms with Crippen molar-refractivity contribution in [1.82, 2.24) is 24.9 Å². The van der Waals surface area contributed by atoms with Crippen molar-refractivity contribution in [3.05, 3.63) is 30.5 Å². The Morgan fingerprint density at radius 2 is 1.96 bits per heavy atom. The Morgan fingerprint density at radius 3 is 2.65 bits per heavy atom. The molecular weight excluding hydrogens is 334 g/mol. The van der Waals surface area contributed by atoms with E-state index in [9.17, 15) is 4.79 Å². The van der Waals surface area contributed by atoms with Gasteiger partial charge in [-0.05, 0) is 26.0 Å². The number of fused-ring (bicyclic) bond motifs is 1. The highest BCUT2D eigenvalue weighted by Crippen LogP contribution is 2.22. The van der Waals surface area contributed by atoms with Crippen LogP contribution < -0.4 is 10.2 Å². The molecule has 0 spiro atoms. The van der Waals surface area contributed by atoms with Crippen LogP contribution in [0.25, 0.3) is 11.1 Å². The molecule has 136 valence electrons. The molecular formula is C17H21N7O2. The first-order valence-corrected chi connectivity index (χ1v) is 8.68. The zero-order valence-corrected chi connectivity index (χ0v) is 14.8. The number of oxazole rings is 1. The minimum atomic E-state index is -0.168. The summed E-state index contributed by atoms with van der Waals surface area (Å²) in [7, 11) is 0. The number of aromatic nitrogens is 4. The van der Waals surface area contributed by atoms with E-state index in [0.29, 0.717) is 38.0 Å². The molecule has 0 bridgehead atoms. The average Bonchev–Trinajstić information content (AvgIpc) is 3.28. The Balaban J connectivity index is 1.35. The van der Waals surface area contributed by atoms with E-state index in [4.69, 9.17) is 4.42 Å². The lowest BCUT2D eigenvalue weighted by Gasteiger charge is -2.33. The number of nitrogens with zero attached hydrogens (tertiary/aromatic N) is 6. The Morgan fingerprint density at radius 1 is 1.19 bits per heavy atom. The number of benzene rings is 1. The van der Waals surface area contributed by atoms with Crippen LogP contribution >= 0.6 is 0 Å². The van der Waals surface area contributed by atoms with Crippen LogP contribution in [0, 0.1) is 0 Å². The molecule has 0 aliphatic carbocycles. The van der Waals surface area contributed by atoms with Crippen LogP contribution in [0.3, 0.4) is 0 Å². The maximum absolute atomic E-state index is 12.4. The van der Waals surface area contributed by atoms with Crippen molar-refractivity contribution < 1.29 is 9.21 Å². The van der Waals surface area contributed by atoms with E-state index in [1.807, 2.05) is 38.1 Å². The highest BCUT2D eigenvalue weighted by Gasteiger charge is 2.24. The van der Waals surface area contributed by atoms with Crippen LogP contribution in [-0.4, -0.2) is 57.1 Å². The van der Waals surface area contributed by atoms with Crippen molar-refractivity contribution >= 4 is 29.0 Å². The number of hydrogen-bond acceptors (Lipinski definition) is 6. The smallest absolute Gasteiger partial charge is 0.323 e. The summed E-state index contributed by atoms with van der Waals surface area (Å²) in [6.45, 7) is 6.51. The summed E-state index contributed by atoms with van der Waals surface area (Å²) in [6.07, 6.45) is 1.73. The Kier molecular flexibility index (Phi) is 4.19. The summed E-state index contributed by atoms with van der Waals surface area (Å²) in [4.78, 5) is 20.7. The predicted molar refractivity (Wildman–Crippen MR) is 97.2 cm³/mol. The van der Waals surface area contributed by atoms with Gasteiger partial charge in [0, 0.05) is 32.2 Å². The number of piperazine rings is 1.